The van der Waals surface area contributed by atoms with Crippen molar-refractivity contribution >= 4 is 0 Å². The first-order valence-corrected chi connectivity index (χ1v) is 4.72. The predicted molar refractivity (Wildman–Crippen MR) is 43.5 cm³/mol. The van der Waals surface area contributed by atoms with Gasteiger partial charge in [-0.2, -0.15) is 0 Å². The molecule has 2 fully saturated rings. The van der Waals surface area contributed by atoms with Gasteiger partial charge in [0.2, 0.25) is 0 Å². The van der Waals surface area contributed by atoms with Gasteiger partial charge in [-0.25, -0.2) is 0 Å². The highest BCUT2D eigenvalue weighted by Gasteiger charge is 2.42. The van der Waals surface area contributed by atoms with Gasteiger partial charge in [-0.1, -0.05) is 0 Å². The third-order valence-corrected chi connectivity index (χ3v) is 3.41. The van der Waals surface area contributed by atoms with E-state index in [-0.39, 0.29) is 24.0 Å². The van der Waals surface area contributed by atoms with Gasteiger partial charge in [0.15, 0.2) is 0 Å². The van der Waals surface area contributed by atoms with Gasteiger partial charge in [-0.05, 0) is 31.6 Å². The van der Waals surface area contributed by atoms with Crippen LogP contribution in [0.1, 0.15) is 25.7 Å². The zero-order chi connectivity index (χ0) is 8.72. The summed E-state index contributed by atoms with van der Waals surface area (Å²) >= 11 is 0. The summed E-state index contributed by atoms with van der Waals surface area (Å²) < 4.78 is 0. The Morgan fingerprint density at radius 1 is 0.750 bits per heavy atom. The molecule has 0 saturated heterocycles. The lowest BCUT2D eigenvalue weighted by Gasteiger charge is -2.21. The van der Waals surface area contributed by atoms with Crippen LogP contribution >= 0.6 is 0 Å². The van der Waals surface area contributed by atoms with Crippen molar-refractivity contribution in [2.45, 2.75) is 44.0 Å². The van der Waals surface area contributed by atoms with Crippen molar-refractivity contribution in [3.63, 3.8) is 0 Å². The van der Waals surface area contributed by atoms with Crippen molar-refractivity contribution in [2.75, 3.05) is 0 Å². The molecule has 0 aliphatic heterocycles. The predicted octanol–water partition coefficient (Wildman–Crippen LogP) is -0.111. The molecule has 0 heterocycles. The van der Waals surface area contributed by atoms with E-state index in [2.05, 4.69) is 0 Å². The van der Waals surface area contributed by atoms with E-state index in [1.807, 2.05) is 0 Å². The molecule has 2 aliphatic carbocycles. The van der Waals surface area contributed by atoms with E-state index in [4.69, 9.17) is 0 Å². The SMILES string of the molecule is OC1CC[C@@H](O)C2CC(O)C1C2. The van der Waals surface area contributed by atoms with Gasteiger partial charge in [-0.3, -0.25) is 0 Å². The van der Waals surface area contributed by atoms with E-state index in [1.54, 1.807) is 0 Å². The smallest absolute Gasteiger partial charge is 0.0596 e. The molecule has 0 aromatic carbocycles. The van der Waals surface area contributed by atoms with Crippen LogP contribution in [-0.2, 0) is 0 Å². The Bertz CT molecular complexity index is 171. The lowest BCUT2D eigenvalue weighted by molar-refractivity contribution is 0.0140. The van der Waals surface area contributed by atoms with Crippen molar-refractivity contribution in [3.05, 3.63) is 0 Å². The van der Waals surface area contributed by atoms with Gasteiger partial charge in [0.05, 0.1) is 18.3 Å². The first-order chi connectivity index (χ1) is 5.68. The van der Waals surface area contributed by atoms with E-state index >= 15 is 0 Å². The van der Waals surface area contributed by atoms with Crippen molar-refractivity contribution in [1.29, 1.82) is 0 Å². The molecule has 2 rings (SSSR count). The third kappa shape index (κ3) is 1.26. The van der Waals surface area contributed by atoms with Crippen LogP contribution in [0.15, 0.2) is 0 Å². The highest BCUT2D eigenvalue weighted by molar-refractivity contribution is 4.93. The Morgan fingerprint density at radius 3 is 2.17 bits per heavy atom. The fourth-order valence-corrected chi connectivity index (χ4v) is 2.61. The first kappa shape index (κ1) is 8.48. The zero-order valence-corrected chi connectivity index (χ0v) is 7.06. The minimum absolute atomic E-state index is 0.0205. The number of fused-ring (bicyclic) bond motifs is 2. The van der Waals surface area contributed by atoms with Crippen molar-refractivity contribution in [2.24, 2.45) is 11.8 Å². The van der Waals surface area contributed by atoms with Gasteiger partial charge in [0.1, 0.15) is 0 Å². The van der Waals surface area contributed by atoms with Crippen LogP contribution in [-0.4, -0.2) is 33.6 Å². The molecular weight excluding hydrogens is 156 g/mol. The molecule has 5 atom stereocenters. The highest BCUT2D eigenvalue weighted by atomic mass is 16.3. The summed E-state index contributed by atoms with van der Waals surface area (Å²) in [6.45, 7) is 0. The summed E-state index contributed by atoms with van der Waals surface area (Å²) in [5.41, 5.74) is 0. The zero-order valence-electron chi connectivity index (χ0n) is 7.06. The largest absolute Gasteiger partial charge is 0.393 e. The maximum Gasteiger partial charge on any atom is 0.0596 e. The Kier molecular flexibility index (Phi) is 2.10. The summed E-state index contributed by atoms with van der Waals surface area (Å²) in [6.07, 6.45) is 1.70. The summed E-state index contributed by atoms with van der Waals surface area (Å²) in [5, 5.41) is 28.7. The Morgan fingerprint density at radius 2 is 1.42 bits per heavy atom. The van der Waals surface area contributed by atoms with E-state index in [9.17, 15) is 15.3 Å². The fourth-order valence-electron chi connectivity index (χ4n) is 2.61. The average Bonchev–Trinajstić information content (AvgIpc) is 2.36. The number of hydrogen-bond donors (Lipinski definition) is 3. The molecule has 3 nitrogen and oxygen atoms in total. The lowest BCUT2D eigenvalue weighted by Crippen LogP contribution is -2.28. The van der Waals surface area contributed by atoms with Gasteiger partial charge >= 0.3 is 0 Å². The van der Waals surface area contributed by atoms with Gasteiger partial charge in [-0.15, -0.1) is 0 Å². The highest BCUT2D eigenvalue weighted by Crippen LogP contribution is 2.40. The van der Waals surface area contributed by atoms with E-state index in [0.717, 1.165) is 6.42 Å². The molecule has 2 saturated carbocycles. The standard InChI is InChI=1S/C9H16O3/c10-7-1-2-8(11)6-3-5(7)4-9(6)12/h5-12H,1-4H2/t5?,6?,7-,8?,9?/m1/s1. The van der Waals surface area contributed by atoms with Crippen LogP contribution in [0.4, 0.5) is 0 Å². The maximum absolute atomic E-state index is 9.59. The van der Waals surface area contributed by atoms with E-state index in [1.165, 1.54) is 0 Å². The molecular formula is C9H16O3. The van der Waals surface area contributed by atoms with Crippen molar-refractivity contribution in [3.8, 4) is 0 Å². The molecule has 2 bridgehead atoms. The average molecular weight is 172 g/mol. The summed E-state index contributed by atoms with van der Waals surface area (Å²) in [5.74, 6) is 0.245. The second-order valence-electron chi connectivity index (χ2n) is 4.17. The molecule has 2 aliphatic rings. The molecule has 0 spiro atoms. The Balaban J connectivity index is 2.13. The molecule has 0 aromatic heterocycles. The van der Waals surface area contributed by atoms with Crippen LogP contribution in [0.3, 0.4) is 0 Å². The summed E-state index contributed by atoms with van der Waals surface area (Å²) in [7, 11) is 0. The summed E-state index contributed by atoms with van der Waals surface area (Å²) in [4.78, 5) is 0. The molecule has 70 valence electrons. The fraction of sp³-hybridized carbons (Fsp3) is 1.00. The molecule has 0 amide bonds. The minimum Gasteiger partial charge on any atom is -0.393 e. The van der Waals surface area contributed by atoms with E-state index in [0.29, 0.717) is 19.3 Å². The number of hydrogen-bond acceptors (Lipinski definition) is 3. The first-order valence-electron chi connectivity index (χ1n) is 4.72. The Labute approximate surface area is 72.0 Å². The molecule has 3 heteroatoms. The number of aliphatic hydroxyl groups excluding tert-OH is 3. The molecule has 3 N–H and O–H groups in total. The molecule has 0 radical (unpaired) electrons. The molecule has 0 aromatic rings. The molecule has 4 unspecified atom stereocenters. The van der Waals surface area contributed by atoms with Gasteiger partial charge in [0.25, 0.3) is 0 Å². The normalized spacial score (nSPS) is 53.8. The second-order valence-corrected chi connectivity index (χ2v) is 4.17. The van der Waals surface area contributed by atoms with E-state index < -0.39 is 6.10 Å². The monoisotopic (exact) mass is 172 g/mol. The van der Waals surface area contributed by atoms with Crippen LogP contribution in [0.25, 0.3) is 0 Å². The topological polar surface area (TPSA) is 60.7 Å². The summed E-state index contributed by atoms with van der Waals surface area (Å²) in [6, 6.07) is 0. The maximum atomic E-state index is 9.59. The second kappa shape index (κ2) is 2.98. The third-order valence-electron chi connectivity index (χ3n) is 3.41. The quantitative estimate of drug-likeness (QED) is 0.478. The number of rotatable bonds is 0. The Hall–Kier alpha value is -0.120. The van der Waals surface area contributed by atoms with Gasteiger partial charge in [0, 0.05) is 5.92 Å². The van der Waals surface area contributed by atoms with Crippen LogP contribution in [0.5, 0.6) is 0 Å². The van der Waals surface area contributed by atoms with Crippen molar-refractivity contribution < 1.29 is 15.3 Å². The van der Waals surface area contributed by atoms with Crippen molar-refractivity contribution in [1.82, 2.24) is 0 Å². The number of aliphatic hydroxyl groups is 3. The minimum atomic E-state index is -0.401. The van der Waals surface area contributed by atoms with Crippen LogP contribution in [0, 0.1) is 11.8 Å². The molecule has 12 heavy (non-hydrogen) atoms. The van der Waals surface area contributed by atoms with Crippen LogP contribution < -0.4 is 0 Å². The van der Waals surface area contributed by atoms with Gasteiger partial charge < -0.3 is 15.3 Å². The lowest BCUT2D eigenvalue weighted by atomic mass is 9.95. The van der Waals surface area contributed by atoms with Crippen LogP contribution in [0.2, 0.25) is 0 Å².